The molecule has 0 saturated carbocycles. The number of fused-ring (bicyclic) bond motifs is 2. The fraction of sp³-hybridized carbons (Fsp3) is 0. The Balaban J connectivity index is 1.62. The molecule has 0 amide bonds. The van der Waals surface area contributed by atoms with Gasteiger partial charge in [-0.2, -0.15) is 21.0 Å². The van der Waals surface area contributed by atoms with Crippen LogP contribution in [0.4, 0.5) is 0 Å². The maximum absolute atomic E-state index is 10.1. The number of nitriles is 4. The molecule has 0 saturated heterocycles. The van der Waals surface area contributed by atoms with Gasteiger partial charge in [-0.1, -0.05) is 78.9 Å². The van der Waals surface area contributed by atoms with E-state index in [0.717, 1.165) is 27.8 Å². The average molecular weight is 585 g/mol. The highest BCUT2D eigenvalue weighted by Gasteiger charge is 2.21. The lowest BCUT2D eigenvalue weighted by molar-refractivity contribution is 1.38. The Morgan fingerprint density at radius 1 is 0.348 bits per heavy atom. The van der Waals surface area contributed by atoms with Crippen LogP contribution in [0, 0.1) is 45.3 Å². The first-order valence-corrected chi connectivity index (χ1v) is 14.4. The summed E-state index contributed by atoms with van der Waals surface area (Å²) in [5, 5.41) is 40.0. The zero-order chi connectivity index (χ0) is 31.6. The van der Waals surface area contributed by atoms with Crippen molar-refractivity contribution in [3.63, 3.8) is 0 Å². The van der Waals surface area contributed by atoms with E-state index in [4.69, 9.17) is 9.97 Å². The zero-order valence-electron chi connectivity index (χ0n) is 24.2. The van der Waals surface area contributed by atoms with E-state index >= 15 is 0 Å². The van der Waals surface area contributed by atoms with Gasteiger partial charge in [-0.15, -0.1) is 0 Å². The third-order valence-electron chi connectivity index (χ3n) is 8.07. The third-order valence-corrected chi connectivity index (χ3v) is 8.07. The van der Waals surface area contributed by atoms with Gasteiger partial charge in [0.2, 0.25) is 0 Å². The molecule has 0 aliphatic rings. The Morgan fingerprint density at radius 3 is 1.22 bits per heavy atom. The smallest absolute Gasteiger partial charge is 0.0998 e. The Bertz CT molecular complexity index is 2480. The molecule has 6 heteroatoms. The normalized spacial score (nSPS) is 10.5. The Morgan fingerprint density at radius 2 is 0.739 bits per heavy atom. The van der Waals surface area contributed by atoms with Crippen molar-refractivity contribution >= 4 is 22.1 Å². The van der Waals surface area contributed by atoms with E-state index in [9.17, 15) is 21.0 Å². The molecule has 0 N–H and O–H groups in total. The van der Waals surface area contributed by atoms with Crippen LogP contribution in [0.25, 0.3) is 66.6 Å². The van der Waals surface area contributed by atoms with Gasteiger partial charge in [-0.25, -0.2) is 9.97 Å². The van der Waals surface area contributed by atoms with E-state index in [2.05, 4.69) is 24.3 Å². The monoisotopic (exact) mass is 584 g/mol. The molecule has 0 unspecified atom stereocenters. The SMILES string of the molecule is N#Cc1ccccc1-c1cc2nc3ccc(-c4ccccc4C#N)c(-c4ccccc4C#N)c3nc2cc1-c1ccccc1C#N. The molecular formula is C40H20N6. The van der Waals surface area contributed by atoms with Gasteiger partial charge in [-0.3, -0.25) is 0 Å². The number of rotatable bonds is 4. The summed E-state index contributed by atoms with van der Waals surface area (Å²) in [6, 6.07) is 46.3. The average Bonchev–Trinajstić information content (AvgIpc) is 3.12. The maximum atomic E-state index is 10.1. The molecule has 0 aliphatic carbocycles. The lowest BCUT2D eigenvalue weighted by Crippen LogP contribution is -1.98. The summed E-state index contributed by atoms with van der Waals surface area (Å²) in [6.07, 6.45) is 0. The highest BCUT2D eigenvalue weighted by molar-refractivity contribution is 6.06. The van der Waals surface area contributed by atoms with Crippen molar-refractivity contribution in [2.75, 3.05) is 0 Å². The number of hydrogen-bond donors (Lipinski definition) is 0. The topological polar surface area (TPSA) is 121 Å². The molecule has 6 nitrogen and oxygen atoms in total. The van der Waals surface area contributed by atoms with E-state index < -0.39 is 0 Å². The second kappa shape index (κ2) is 11.5. The molecule has 6 aromatic carbocycles. The summed E-state index contributed by atoms with van der Waals surface area (Å²) < 4.78 is 0. The van der Waals surface area contributed by atoms with Crippen LogP contribution in [0.15, 0.2) is 121 Å². The Hall–Kier alpha value is -7.12. The molecule has 0 radical (unpaired) electrons. The number of benzene rings is 6. The summed E-state index contributed by atoms with van der Waals surface area (Å²) in [6.45, 7) is 0. The largest absolute Gasteiger partial charge is 0.244 e. The quantitative estimate of drug-likeness (QED) is 0.190. The van der Waals surface area contributed by atoms with Gasteiger partial charge >= 0.3 is 0 Å². The van der Waals surface area contributed by atoms with Crippen molar-refractivity contribution in [1.82, 2.24) is 9.97 Å². The molecule has 0 bridgehead atoms. The minimum Gasteiger partial charge on any atom is -0.244 e. The third kappa shape index (κ3) is 4.57. The maximum Gasteiger partial charge on any atom is 0.0998 e. The molecule has 210 valence electrons. The van der Waals surface area contributed by atoms with E-state index in [-0.39, 0.29) is 0 Å². The van der Waals surface area contributed by atoms with E-state index in [0.29, 0.717) is 61.0 Å². The van der Waals surface area contributed by atoms with Crippen molar-refractivity contribution < 1.29 is 0 Å². The predicted octanol–water partition coefficient (Wildman–Crippen LogP) is 8.94. The summed E-state index contributed by atoms with van der Waals surface area (Å²) in [7, 11) is 0. The van der Waals surface area contributed by atoms with Crippen molar-refractivity contribution in [3.05, 3.63) is 144 Å². The van der Waals surface area contributed by atoms with Crippen LogP contribution in [-0.4, -0.2) is 9.97 Å². The zero-order valence-corrected chi connectivity index (χ0v) is 24.2. The minimum absolute atomic E-state index is 0.472. The Kier molecular flexibility index (Phi) is 6.94. The van der Waals surface area contributed by atoms with Crippen LogP contribution in [0.5, 0.6) is 0 Å². The van der Waals surface area contributed by atoms with Gasteiger partial charge < -0.3 is 0 Å². The highest BCUT2D eigenvalue weighted by Crippen LogP contribution is 2.42. The van der Waals surface area contributed by atoms with E-state index in [1.165, 1.54) is 0 Å². The lowest BCUT2D eigenvalue weighted by Gasteiger charge is -2.17. The summed E-state index contributed by atoms with van der Waals surface area (Å²) >= 11 is 0. The second-order valence-electron chi connectivity index (χ2n) is 10.6. The van der Waals surface area contributed by atoms with Gasteiger partial charge in [0.1, 0.15) is 0 Å². The number of aromatic nitrogens is 2. The molecule has 0 spiro atoms. The van der Waals surface area contributed by atoms with Gasteiger partial charge in [0.15, 0.2) is 0 Å². The van der Waals surface area contributed by atoms with Gasteiger partial charge in [0.05, 0.1) is 68.6 Å². The van der Waals surface area contributed by atoms with Crippen molar-refractivity contribution in [2.45, 2.75) is 0 Å². The van der Waals surface area contributed by atoms with Crippen LogP contribution in [0.3, 0.4) is 0 Å². The van der Waals surface area contributed by atoms with Gasteiger partial charge in [-0.05, 0) is 59.2 Å². The van der Waals surface area contributed by atoms with Crippen LogP contribution >= 0.6 is 0 Å². The van der Waals surface area contributed by atoms with Crippen molar-refractivity contribution in [1.29, 1.82) is 21.0 Å². The molecule has 0 fully saturated rings. The second-order valence-corrected chi connectivity index (χ2v) is 10.6. The fourth-order valence-corrected chi connectivity index (χ4v) is 5.98. The summed E-state index contributed by atoms with van der Waals surface area (Å²) in [5.74, 6) is 0. The molecule has 7 aromatic rings. The summed E-state index contributed by atoms with van der Waals surface area (Å²) in [4.78, 5) is 10.2. The standard InChI is InChI=1S/C40H20N6/c41-21-25-9-1-5-13-29(25)33-17-18-36-40(39(33)32-16-8-4-12-28(32)24-44)46-38-20-35(31-15-7-3-11-27(31)23-43)34(19-37(38)45-36)30-14-6-2-10-26(30)22-42/h1-20H. The first kappa shape index (κ1) is 27.7. The number of nitrogens with zero attached hydrogens (tertiary/aromatic N) is 6. The molecular weight excluding hydrogens is 564 g/mol. The highest BCUT2D eigenvalue weighted by atomic mass is 14.8. The van der Waals surface area contributed by atoms with Crippen molar-refractivity contribution in [3.8, 4) is 68.8 Å². The van der Waals surface area contributed by atoms with Gasteiger partial charge in [0.25, 0.3) is 0 Å². The molecule has 1 heterocycles. The molecule has 0 atom stereocenters. The van der Waals surface area contributed by atoms with Crippen LogP contribution in [0.1, 0.15) is 22.3 Å². The van der Waals surface area contributed by atoms with Crippen molar-refractivity contribution in [2.24, 2.45) is 0 Å². The number of hydrogen-bond acceptors (Lipinski definition) is 6. The van der Waals surface area contributed by atoms with E-state index in [1.54, 1.807) is 24.3 Å². The van der Waals surface area contributed by atoms with Crippen LogP contribution < -0.4 is 0 Å². The van der Waals surface area contributed by atoms with Crippen LogP contribution in [0.2, 0.25) is 0 Å². The first-order chi connectivity index (χ1) is 22.6. The Labute approximate surface area is 264 Å². The minimum atomic E-state index is 0.472. The fourth-order valence-electron chi connectivity index (χ4n) is 5.98. The molecule has 1 aromatic heterocycles. The lowest BCUT2D eigenvalue weighted by atomic mass is 9.88. The predicted molar refractivity (Wildman–Crippen MR) is 178 cm³/mol. The molecule has 7 rings (SSSR count). The molecule has 46 heavy (non-hydrogen) atoms. The van der Waals surface area contributed by atoms with Crippen LogP contribution in [-0.2, 0) is 0 Å². The van der Waals surface area contributed by atoms with Gasteiger partial charge in [0, 0.05) is 27.8 Å². The first-order valence-electron chi connectivity index (χ1n) is 14.4. The molecule has 0 aliphatic heterocycles. The summed E-state index contributed by atoms with van der Waals surface area (Å²) in [5.41, 5.74) is 10.1. The van der Waals surface area contributed by atoms with E-state index in [1.807, 2.05) is 97.1 Å².